The zero-order valence-electron chi connectivity index (χ0n) is 14.9. The second-order valence-electron chi connectivity index (χ2n) is 5.83. The summed E-state index contributed by atoms with van der Waals surface area (Å²) in [5.74, 6) is -1.72. The molecule has 8 heteroatoms. The van der Waals surface area contributed by atoms with Crippen molar-refractivity contribution >= 4 is 56.8 Å². The first-order valence-electron chi connectivity index (χ1n) is 8.36. The van der Waals surface area contributed by atoms with Crippen molar-refractivity contribution in [3.63, 3.8) is 0 Å². The number of anilines is 1. The molecule has 3 N–H and O–H groups in total. The Kier molecular flexibility index (Phi) is 6.58. The molecular formula is C21H15BrN2O4S. The second-order valence-corrected chi connectivity index (χ2v) is 7.69. The number of rotatable bonds is 6. The summed E-state index contributed by atoms with van der Waals surface area (Å²) in [5.41, 5.74) is 6.16. The van der Waals surface area contributed by atoms with Crippen LogP contribution in [0.25, 0.3) is 6.08 Å². The minimum atomic E-state index is -0.876. The number of thiophene rings is 1. The van der Waals surface area contributed by atoms with Gasteiger partial charge in [-0.2, -0.15) is 0 Å². The third-order valence-corrected chi connectivity index (χ3v) is 5.04. The van der Waals surface area contributed by atoms with Crippen LogP contribution in [0.2, 0.25) is 0 Å². The predicted octanol–water partition coefficient (Wildman–Crippen LogP) is 4.24. The largest absolute Gasteiger partial charge is 0.422 e. The molecule has 0 aliphatic carbocycles. The van der Waals surface area contributed by atoms with Gasteiger partial charge < -0.3 is 15.8 Å². The Morgan fingerprint density at radius 3 is 2.52 bits per heavy atom. The Morgan fingerprint density at radius 2 is 1.83 bits per heavy atom. The summed E-state index contributed by atoms with van der Waals surface area (Å²) in [6.45, 7) is 0. The van der Waals surface area contributed by atoms with Crippen molar-refractivity contribution in [2.75, 3.05) is 5.32 Å². The highest BCUT2D eigenvalue weighted by Crippen LogP contribution is 2.20. The van der Waals surface area contributed by atoms with Gasteiger partial charge >= 0.3 is 5.97 Å². The molecule has 3 aromatic rings. The van der Waals surface area contributed by atoms with Crippen molar-refractivity contribution in [3.05, 3.63) is 86.5 Å². The van der Waals surface area contributed by atoms with Crippen LogP contribution in [-0.4, -0.2) is 17.8 Å². The van der Waals surface area contributed by atoms with Crippen molar-refractivity contribution in [2.45, 2.75) is 0 Å². The molecule has 2 amide bonds. The van der Waals surface area contributed by atoms with Crippen LogP contribution in [0.15, 0.2) is 76.1 Å². The fourth-order valence-electron chi connectivity index (χ4n) is 2.40. The normalized spacial score (nSPS) is 11.0. The lowest BCUT2D eigenvalue weighted by Crippen LogP contribution is -2.25. The summed E-state index contributed by atoms with van der Waals surface area (Å²) in [6, 6.07) is 16.8. The lowest BCUT2D eigenvalue weighted by atomic mass is 10.1. The molecule has 0 unspecified atom stereocenters. The summed E-state index contributed by atoms with van der Waals surface area (Å²) in [5, 5.41) is 4.40. The van der Waals surface area contributed by atoms with Crippen LogP contribution in [0.5, 0.6) is 5.75 Å². The maximum absolute atomic E-state index is 12.5. The minimum Gasteiger partial charge on any atom is -0.422 e. The summed E-state index contributed by atoms with van der Waals surface area (Å²) < 4.78 is 6.11. The second kappa shape index (κ2) is 9.31. The van der Waals surface area contributed by atoms with Crippen LogP contribution < -0.4 is 15.8 Å². The average Bonchev–Trinajstić information content (AvgIpc) is 3.21. The fourth-order valence-corrected chi connectivity index (χ4v) is 3.40. The molecule has 6 nitrogen and oxygen atoms in total. The molecule has 1 aromatic heterocycles. The van der Waals surface area contributed by atoms with Crippen LogP contribution in [0, 0.1) is 0 Å². The van der Waals surface area contributed by atoms with E-state index in [-0.39, 0.29) is 11.3 Å². The van der Waals surface area contributed by atoms with Crippen LogP contribution in [-0.2, 0) is 9.59 Å². The molecule has 29 heavy (non-hydrogen) atoms. The minimum absolute atomic E-state index is 0.230. The van der Waals surface area contributed by atoms with Crippen LogP contribution in [0.1, 0.15) is 15.2 Å². The first-order chi connectivity index (χ1) is 13.9. The maximum Gasteiger partial charge on any atom is 0.353 e. The number of nitrogens with one attached hydrogen (secondary N) is 1. The molecule has 1 heterocycles. The van der Waals surface area contributed by atoms with Gasteiger partial charge in [0.15, 0.2) is 0 Å². The highest BCUT2D eigenvalue weighted by molar-refractivity contribution is 9.10. The molecule has 2 aromatic carbocycles. The molecule has 0 atom stereocenters. The molecule has 0 saturated heterocycles. The third-order valence-electron chi connectivity index (χ3n) is 3.69. The molecule has 0 aliphatic heterocycles. The van der Waals surface area contributed by atoms with E-state index < -0.39 is 17.8 Å². The SMILES string of the molecule is NC(=O)/C(=C/c1cccc(OC(=O)c2cccs2)c1)C(=O)Nc1cccc(Br)c1. The Morgan fingerprint density at radius 1 is 1.03 bits per heavy atom. The molecule has 146 valence electrons. The van der Waals surface area contributed by atoms with Gasteiger partial charge in [0.2, 0.25) is 0 Å². The zero-order chi connectivity index (χ0) is 20.8. The number of hydrogen-bond acceptors (Lipinski definition) is 5. The van der Waals surface area contributed by atoms with E-state index in [2.05, 4.69) is 21.2 Å². The average molecular weight is 471 g/mol. The summed E-state index contributed by atoms with van der Waals surface area (Å²) >= 11 is 4.59. The van der Waals surface area contributed by atoms with Gasteiger partial charge in [-0.05, 0) is 53.4 Å². The zero-order valence-corrected chi connectivity index (χ0v) is 17.3. The first-order valence-corrected chi connectivity index (χ1v) is 10.0. The number of halogens is 1. The van der Waals surface area contributed by atoms with E-state index in [1.165, 1.54) is 17.4 Å². The number of nitrogens with two attached hydrogens (primary N) is 1. The highest BCUT2D eigenvalue weighted by Gasteiger charge is 2.16. The van der Waals surface area contributed by atoms with Crippen LogP contribution in [0.3, 0.4) is 0 Å². The van der Waals surface area contributed by atoms with E-state index in [9.17, 15) is 14.4 Å². The fraction of sp³-hybridized carbons (Fsp3) is 0. The molecule has 0 radical (unpaired) electrons. The monoisotopic (exact) mass is 470 g/mol. The number of benzene rings is 2. The van der Waals surface area contributed by atoms with Crippen molar-refractivity contribution in [2.24, 2.45) is 5.73 Å². The van der Waals surface area contributed by atoms with E-state index in [1.54, 1.807) is 60.0 Å². The van der Waals surface area contributed by atoms with E-state index in [0.717, 1.165) is 4.47 Å². The van der Waals surface area contributed by atoms with Gasteiger partial charge in [-0.1, -0.05) is 40.2 Å². The molecule has 0 fully saturated rings. The lowest BCUT2D eigenvalue weighted by Gasteiger charge is -2.08. The van der Waals surface area contributed by atoms with Gasteiger partial charge in [-0.25, -0.2) is 4.79 Å². The van der Waals surface area contributed by atoms with Crippen LogP contribution in [0.4, 0.5) is 5.69 Å². The number of carbonyl (C=O) groups is 3. The number of ether oxygens (including phenoxy) is 1. The third kappa shape index (κ3) is 5.63. The van der Waals surface area contributed by atoms with Gasteiger partial charge in [-0.15, -0.1) is 11.3 Å². The smallest absolute Gasteiger partial charge is 0.353 e. The standard InChI is InChI=1S/C21H15BrN2O4S/c22-14-5-2-6-15(12-14)24-20(26)17(19(23)25)11-13-4-1-7-16(10-13)28-21(27)18-8-3-9-29-18/h1-12H,(H2,23,25)(H,24,26)/b17-11-. The Bertz CT molecular complexity index is 1090. The van der Waals surface area contributed by atoms with Crippen molar-refractivity contribution < 1.29 is 19.1 Å². The number of primary amides is 1. The quantitative estimate of drug-likeness (QED) is 0.185. The molecule has 0 bridgehead atoms. The van der Waals surface area contributed by atoms with Crippen molar-refractivity contribution in [1.29, 1.82) is 0 Å². The van der Waals surface area contributed by atoms with Gasteiger partial charge in [0, 0.05) is 10.2 Å². The molecule has 3 rings (SSSR count). The van der Waals surface area contributed by atoms with Crippen molar-refractivity contribution in [1.82, 2.24) is 0 Å². The number of amides is 2. The molecular weight excluding hydrogens is 456 g/mol. The Hall–Kier alpha value is -3.23. The van der Waals surface area contributed by atoms with Gasteiger partial charge in [0.05, 0.1) is 0 Å². The van der Waals surface area contributed by atoms with Gasteiger partial charge in [-0.3, -0.25) is 9.59 Å². The summed E-state index contributed by atoms with van der Waals surface area (Å²) in [4.78, 5) is 36.9. The molecule has 0 spiro atoms. The summed E-state index contributed by atoms with van der Waals surface area (Å²) in [6.07, 6.45) is 1.35. The topological polar surface area (TPSA) is 98.5 Å². The predicted molar refractivity (Wildman–Crippen MR) is 116 cm³/mol. The summed E-state index contributed by atoms with van der Waals surface area (Å²) in [7, 11) is 0. The Labute approximate surface area is 179 Å². The molecule has 0 aliphatic rings. The number of carbonyl (C=O) groups excluding carboxylic acids is 3. The van der Waals surface area contributed by atoms with E-state index >= 15 is 0 Å². The molecule has 0 saturated carbocycles. The first kappa shape index (κ1) is 20.5. The maximum atomic E-state index is 12.5. The van der Waals surface area contributed by atoms with Gasteiger partial charge in [0.1, 0.15) is 16.2 Å². The van der Waals surface area contributed by atoms with E-state index in [0.29, 0.717) is 16.1 Å². The van der Waals surface area contributed by atoms with E-state index in [4.69, 9.17) is 10.5 Å². The van der Waals surface area contributed by atoms with E-state index in [1.807, 2.05) is 6.07 Å². The Balaban J connectivity index is 1.80. The van der Waals surface area contributed by atoms with Gasteiger partial charge in [0.25, 0.3) is 11.8 Å². The van der Waals surface area contributed by atoms with Crippen molar-refractivity contribution in [3.8, 4) is 5.75 Å². The highest BCUT2D eigenvalue weighted by atomic mass is 79.9. The van der Waals surface area contributed by atoms with Crippen LogP contribution >= 0.6 is 27.3 Å². The number of hydrogen-bond donors (Lipinski definition) is 2. The lowest BCUT2D eigenvalue weighted by molar-refractivity contribution is -0.119. The number of esters is 1.